The molecular weight excluding hydrogens is 358 g/mol. The van der Waals surface area contributed by atoms with Crippen LogP contribution in [-0.2, 0) is 11.2 Å². The molecular formula is C20H21N5OS. The van der Waals surface area contributed by atoms with Gasteiger partial charge in [0.2, 0.25) is 11.1 Å². The molecule has 0 spiro atoms. The first-order valence-corrected chi connectivity index (χ1v) is 9.84. The molecule has 4 rings (SSSR count). The molecule has 2 aromatic carbocycles. The summed E-state index contributed by atoms with van der Waals surface area (Å²) in [5.41, 5.74) is 6.45. The standard InChI is InChI=1S/C20H21N5OS/c1-3-14-9-7-8-12-16(14)21-19(26)18-17(15-10-5-4-6-11-15)24-25-13(2)22-23-20(25)27-18/h4-12,17-18,24H,3H2,1-2H3,(H,21,26)/t17-,18-/m0/s1. The summed E-state index contributed by atoms with van der Waals surface area (Å²) in [6.45, 7) is 3.98. The van der Waals surface area contributed by atoms with E-state index in [-0.39, 0.29) is 17.2 Å². The predicted molar refractivity (Wildman–Crippen MR) is 107 cm³/mol. The van der Waals surface area contributed by atoms with Crippen molar-refractivity contribution in [1.82, 2.24) is 14.9 Å². The average molecular weight is 379 g/mol. The summed E-state index contributed by atoms with van der Waals surface area (Å²) >= 11 is 1.44. The Labute approximate surface area is 162 Å². The number of para-hydroxylation sites is 1. The minimum Gasteiger partial charge on any atom is -0.325 e. The number of carbonyl (C=O) groups excluding carboxylic acids is 1. The Bertz CT molecular complexity index is 956. The van der Waals surface area contributed by atoms with Crippen LogP contribution in [0, 0.1) is 6.92 Å². The van der Waals surface area contributed by atoms with E-state index in [4.69, 9.17) is 0 Å². The molecule has 1 aliphatic rings. The number of benzene rings is 2. The van der Waals surface area contributed by atoms with Crippen LogP contribution in [0.15, 0.2) is 59.8 Å². The Morgan fingerprint density at radius 3 is 2.67 bits per heavy atom. The molecule has 0 radical (unpaired) electrons. The summed E-state index contributed by atoms with van der Waals surface area (Å²) < 4.78 is 1.85. The van der Waals surface area contributed by atoms with Gasteiger partial charge in [-0.3, -0.25) is 4.79 Å². The Morgan fingerprint density at radius 1 is 1.15 bits per heavy atom. The maximum Gasteiger partial charge on any atom is 0.240 e. The average Bonchev–Trinajstić information content (AvgIpc) is 3.08. The van der Waals surface area contributed by atoms with Crippen molar-refractivity contribution in [2.75, 3.05) is 10.7 Å². The Kier molecular flexibility index (Phi) is 4.85. The van der Waals surface area contributed by atoms with Crippen LogP contribution in [0.5, 0.6) is 0 Å². The molecule has 1 amide bonds. The van der Waals surface area contributed by atoms with Crippen LogP contribution < -0.4 is 10.7 Å². The highest BCUT2D eigenvalue weighted by Crippen LogP contribution is 2.37. The van der Waals surface area contributed by atoms with Crippen molar-refractivity contribution in [1.29, 1.82) is 0 Å². The monoisotopic (exact) mass is 379 g/mol. The lowest BCUT2D eigenvalue weighted by Gasteiger charge is -2.32. The van der Waals surface area contributed by atoms with Gasteiger partial charge in [-0.15, -0.1) is 10.2 Å². The minimum atomic E-state index is -0.367. The van der Waals surface area contributed by atoms with Crippen molar-refractivity contribution in [3.05, 3.63) is 71.5 Å². The highest BCUT2D eigenvalue weighted by molar-refractivity contribution is 8.00. The topological polar surface area (TPSA) is 71.8 Å². The van der Waals surface area contributed by atoms with E-state index in [1.54, 1.807) is 0 Å². The van der Waals surface area contributed by atoms with Crippen molar-refractivity contribution in [3.63, 3.8) is 0 Å². The largest absolute Gasteiger partial charge is 0.325 e. The summed E-state index contributed by atoms with van der Waals surface area (Å²) in [4.78, 5) is 13.2. The number of thioether (sulfide) groups is 1. The molecule has 2 atom stereocenters. The third-order valence-electron chi connectivity index (χ3n) is 4.67. The van der Waals surface area contributed by atoms with E-state index in [0.29, 0.717) is 5.16 Å². The number of nitrogens with one attached hydrogen (secondary N) is 2. The van der Waals surface area contributed by atoms with Crippen LogP contribution in [0.4, 0.5) is 5.69 Å². The number of anilines is 1. The highest BCUT2D eigenvalue weighted by atomic mass is 32.2. The quantitative estimate of drug-likeness (QED) is 0.725. The number of hydrogen-bond donors (Lipinski definition) is 2. The van der Waals surface area contributed by atoms with E-state index in [1.165, 1.54) is 11.8 Å². The smallest absolute Gasteiger partial charge is 0.240 e. The Morgan fingerprint density at radius 2 is 1.89 bits per heavy atom. The molecule has 27 heavy (non-hydrogen) atoms. The van der Waals surface area contributed by atoms with Crippen molar-refractivity contribution in [2.24, 2.45) is 0 Å². The maximum absolute atomic E-state index is 13.2. The molecule has 0 bridgehead atoms. The number of carbonyl (C=O) groups is 1. The molecule has 138 valence electrons. The third kappa shape index (κ3) is 3.42. The molecule has 0 unspecified atom stereocenters. The summed E-state index contributed by atoms with van der Waals surface area (Å²) in [7, 11) is 0. The minimum absolute atomic E-state index is 0.0471. The predicted octanol–water partition coefficient (Wildman–Crippen LogP) is 3.55. The second-order valence-corrected chi connectivity index (χ2v) is 7.53. The summed E-state index contributed by atoms with van der Waals surface area (Å²) in [6, 6.07) is 17.7. The first kappa shape index (κ1) is 17.6. The second-order valence-electron chi connectivity index (χ2n) is 6.42. The van der Waals surface area contributed by atoms with Crippen LogP contribution in [0.25, 0.3) is 0 Å². The lowest BCUT2D eigenvalue weighted by Crippen LogP contribution is -2.41. The molecule has 0 aliphatic carbocycles. The van der Waals surface area contributed by atoms with Crippen molar-refractivity contribution < 1.29 is 4.79 Å². The van der Waals surface area contributed by atoms with Crippen molar-refractivity contribution >= 4 is 23.4 Å². The van der Waals surface area contributed by atoms with E-state index in [9.17, 15) is 4.79 Å². The SMILES string of the molecule is CCc1ccccc1NC(=O)[C@H]1Sc2nnc(C)n2N[C@H]1c1ccccc1. The van der Waals surface area contributed by atoms with E-state index in [1.807, 2.05) is 66.2 Å². The summed E-state index contributed by atoms with van der Waals surface area (Å²) in [5.74, 6) is 0.725. The Hall–Kier alpha value is -2.80. The number of amides is 1. The molecule has 3 aromatic rings. The zero-order valence-corrected chi connectivity index (χ0v) is 16.0. The van der Waals surface area contributed by atoms with Gasteiger partial charge in [-0.25, -0.2) is 4.68 Å². The number of rotatable bonds is 4. The first-order valence-electron chi connectivity index (χ1n) is 8.96. The summed E-state index contributed by atoms with van der Waals surface area (Å²) in [6.07, 6.45) is 0.863. The molecule has 0 saturated heterocycles. The van der Waals surface area contributed by atoms with Gasteiger partial charge in [0.05, 0.1) is 6.04 Å². The number of nitrogens with zero attached hydrogens (tertiary/aromatic N) is 3. The molecule has 6 nitrogen and oxygen atoms in total. The number of aromatic nitrogens is 3. The van der Waals surface area contributed by atoms with Crippen LogP contribution in [0.1, 0.15) is 29.9 Å². The lowest BCUT2D eigenvalue weighted by atomic mass is 10.0. The second kappa shape index (κ2) is 7.44. The van der Waals surface area contributed by atoms with Gasteiger partial charge in [0, 0.05) is 5.69 Å². The van der Waals surface area contributed by atoms with Gasteiger partial charge in [-0.2, -0.15) is 0 Å². The highest BCUT2D eigenvalue weighted by Gasteiger charge is 2.37. The van der Waals surface area contributed by atoms with Gasteiger partial charge in [0.15, 0.2) is 0 Å². The molecule has 1 aliphatic heterocycles. The fourth-order valence-electron chi connectivity index (χ4n) is 3.23. The Balaban J connectivity index is 1.66. The zero-order valence-electron chi connectivity index (χ0n) is 15.2. The van der Waals surface area contributed by atoms with Crippen molar-refractivity contribution in [3.8, 4) is 0 Å². The van der Waals surface area contributed by atoms with Gasteiger partial charge in [-0.05, 0) is 30.5 Å². The van der Waals surface area contributed by atoms with Gasteiger partial charge in [0.25, 0.3) is 0 Å². The molecule has 0 saturated carbocycles. The molecule has 0 fully saturated rings. The van der Waals surface area contributed by atoms with Crippen LogP contribution >= 0.6 is 11.8 Å². The van der Waals surface area contributed by atoms with Gasteiger partial charge in [0.1, 0.15) is 11.1 Å². The van der Waals surface area contributed by atoms with Crippen LogP contribution in [0.2, 0.25) is 0 Å². The zero-order chi connectivity index (χ0) is 18.8. The van der Waals surface area contributed by atoms with Crippen LogP contribution in [0.3, 0.4) is 0 Å². The van der Waals surface area contributed by atoms with Gasteiger partial charge in [-0.1, -0.05) is 67.2 Å². The third-order valence-corrected chi connectivity index (χ3v) is 5.89. The van der Waals surface area contributed by atoms with Crippen molar-refractivity contribution in [2.45, 2.75) is 36.7 Å². The molecule has 1 aromatic heterocycles. The van der Waals surface area contributed by atoms with E-state index in [2.05, 4.69) is 27.9 Å². The lowest BCUT2D eigenvalue weighted by molar-refractivity contribution is -0.116. The molecule has 2 heterocycles. The van der Waals surface area contributed by atoms with E-state index < -0.39 is 0 Å². The normalized spacial score (nSPS) is 18.4. The fraction of sp³-hybridized carbons (Fsp3) is 0.250. The number of fused-ring (bicyclic) bond motifs is 1. The van der Waals surface area contributed by atoms with Crippen LogP contribution in [-0.4, -0.2) is 26.0 Å². The number of aryl methyl sites for hydroxylation is 2. The maximum atomic E-state index is 13.2. The molecule has 2 N–H and O–H groups in total. The number of hydrogen-bond acceptors (Lipinski definition) is 5. The van der Waals surface area contributed by atoms with Gasteiger partial charge >= 0.3 is 0 Å². The van der Waals surface area contributed by atoms with Gasteiger partial charge < -0.3 is 10.7 Å². The van der Waals surface area contributed by atoms with E-state index in [0.717, 1.165) is 29.1 Å². The molecule has 7 heteroatoms. The van der Waals surface area contributed by atoms with E-state index >= 15 is 0 Å². The summed E-state index contributed by atoms with van der Waals surface area (Å²) in [5, 5.41) is 11.8. The first-order chi connectivity index (χ1) is 13.2. The fourth-order valence-corrected chi connectivity index (χ4v) is 4.35.